The van der Waals surface area contributed by atoms with Gasteiger partial charge in [-0.2, -0.15) is 0 Å². The molecule has 0 saturated carbocycles. The summed E-state index contributed by atoms with van der Waals surface area (Å²) in [6.45, 7) is 7.17. The van der Waals surface area contributed by atoms with Gasteiger partial charge in [-0.3, -0.25) is 0 Å². The number of methoxy groups -OCH3 is 1. The van der Waals surface area contributed by atoms with Crippen molar-refractivity contribution in [3.63, 3.8) is 0 Å². The lowest BCUT2D eigenvalue weighted by Crippen LogP contribution is -2.35. The maximum atomic E-state index is 9.42. The van der Waals surface area contributed by atoms with Crippen molar-refractivity contribution in [2.45, 2.75) is 38.1 Å². The molecule has 4 heteroatoms. The summed E-state index contributed by atoms with van der Waals surface area (Å²) < 4.78 is 15.7. The highest BCUT2D eigenvalue weighted by atomic mass is 16.8. The molecule has 1 heterocycles. The van der Waals surface area contributed by atoms with E-state index in [-0.39, 0.29) is 6.10 Å². The van der Waals surface area contributed by atoms with Gasteiger partial charge in [0.05, 0.1) is 0 Å². The first kappa shape index (κ1) is 10.7. The van der Waals surface area contributed by atoms with E-state index in [0.717, 1.165) is 0 Å². The van der Waals surface area contributed by atoms with Crippen LogP contribution in [0.15, 0.2) is 12.7 Å². The zero-order valence-electron chi connectivity index (χ0n) is 8.19. The SMILES string of the molecule is C=CC1OC(C)(C)OC1C(O)OC. The van der Waals surface area contributed by atoms with Crippen LogP contribution in [0.3, 0.4) is 0 Å². The molecular weight excluding hydrogens is 172 g/mol. The fourth-order valence-electron chi connectivity index (χ4n) is 1.35. The van der Waals surface area contributed by atoms with Crippen LogP contribution in [0.2, 0.25) is 0 Å². The molecule has 0 aromatic rings. The molecule has 0 spiro atoms. The zero-order chi connectivity index (χ0) is 10.1. The van der Waals surface area contributed by atoms with Gasteiger partial charge >= 0.3 is 0 Å². The number of hydrogen-bond acceptors (Lipinski definition) is 4. The van der Waals surface area contributed by atoms with Gasteiger partial charge in [0.25, 0.3) is 0 Å². The third-order valence-corrected chi connectivity index (χ3v) is 1.92. The van der Waals surface area contributed by atoms with E-state index >= 15 is 0 Å². The largest absolute Gasteiger partial charge is 0.366 e. The molecule has 0 amide bonds. The minimum atomic E-state index is -0.982. The van der Waals surface area contributed by atoms with Gasteiger partial charge in [-0.15, -0.1) is 6.58 Å². The molecule has 13 heavy (non-hydrogen) atoms. The molecule has 0 aromatic heterocycles. The average Bonchev–Trinajstić information content (AvgIpc) is 2.39. The minimum Gasteiger partial charge on any atom is -0.366 e. The molecule has 1 N–H and O–H groups in total. The topological polar surface area (TPSA) is 47.9 Å². The fourth-order valence-corrected chi connectivity index (χ4v) is 1.35. The molecule has 1 rings (SSSR count). The third-order valence-electron chi connectivity index (χ3n) is 1.92. The summed E-state index contributed by atoms with van der Waals surface area (Å²) in [5.41, 5.74) is 0. The van der Waals surface area contributed by atoms with Crippen molar-refractivity contribution in [3.8, 4) is 0 Å². The number of aliphatic hydroxyl groups is 1. The molecule has 0 aromatic carbocycles. The van der Waals surface area contributed by atoms with Crippen LogP contribution < -0.4 is 0 Å². The smallest absolute Gasteiger partial charge is 0.183 e. The first-order valence-corrected chi connectivity index (χ1v) is 4.19. The van der Waals surface area contributed by atoms with Crippen LogP contribution in [0.4, 0.5) is 0 Å². The van der Waals surface area contributed by atoms with E-state index in [4.69, 9.17) is 14.2 Å². The molecule has 1 aliphatic heterocycles. The van der Waals surface area contributed by atoms with Gasteiger partial charge in [-0.25, -0.2) is 0 Å². The Hall–Kier alpha value is -0.420. The average molecular weight is 188 g/mol. The Bertz CT molecular complexity index is 190. The Balaban J connectivity index is 2.68. The molecule has 4 nitrogen and oxygen atoms in total. The van der Waals surface area contributed by atoms with Crippen molar-refractivity contribution in [2.75, 3.05) is 7.11 Å². The fraction of sp³-hybridized carbons (Fsp3) is 0.778. The van der Waals surface area contributed by atoms with E-state index in [2.05, 4.69) is 6.58 Å². The molecule has 3 atom stereocenters. The first-order valence-electron chi connectivity index (χ1n) is 4.19. The zero-order valence-corrected chi connectivity index (χ0v) is 8.19. The maximum absolute atomic E-state index is 9.42. The van der Waals surface area contributed by atoms with Gasteiger partial charge in [-0.1, -0.05) is 6.08 Å². The first-order chi connectivity index (χ1) is 6.00. The standard InChI is InChI=1S/C9H16O4/c1-5-6-7(8(10)11-4)13-9(2,3)12-6/h5-8,10H,1H2,2-4H3. The van der Waals surface area contributed by atoms with Gasteiger partial charge in [-0.05, 0) is 13.8 Å². The number of rotatable bonds is 3. The number of aliphatic hydroxyl groups excluding tert-OH is 1. The minimum absolute atomic E-state index is 0.329. The van der Waals surface area contributed by atoms with Crippen molar-refractivity contribution in [1.82, 2.24) is 0 Å². The van der Waals surface area contributed by atoms with Crippen molar-refractivity contribution >= 4 is 0 Å². The van der Waals surface area contributed by atoms with E-state index in [9.17, 15) is 5.11 Å². The quantitative estimate of drug-likeness (QED) is 0.522. The Morgan fingerprint density at radius 1 is 1.54 bits per heavy atom. The Morgan fingerprint density at radius 2 is 2.15 bits per heavy atom. The molecule has 3 unspecified atom stereocenters. The monoisotopic (exact) mass is 188 g/mol. The highest BCUT2D eigenvalue weighted by molar-refractivity contribution is 4.94. The summed E-state index contributed by atoms with van der Waals surface area (Å²) in [5.74, 6) is -0.691. The van der Waals surface area contributed by atoms with Gasteiger partial charge in [0.2, 0.25) is 0 Å². The molecule has 0 radical (unpaired) electrons. The molecular formula is C9H16O4. The summed E-state index contributed by atoms with van der Waals surface area (Å²) in [5, 5.41) is 9.42. The Morgan fingerprint density at radius 3 is 2.62 bits per heavy atom. The van der Waals surface area contributed by atoms with E-state index in [1.54, 1.807) is 19.9 Å². The van der Waals surface area contributed by atoms with E-state index in [1.165, 1.54) is 7.11 Å². The van der Waals surface area contributed by atoms with Crippen LogP contribution in [0.25, 0.3) is 0 Å². The maximum Gasteiger partial charge on any atom is 0.183 e. The van der Waals surface area contributed by atoms with Crippen LogP contribution in [0.5, 0.6) is 0 Å². The van der Waals surface area contributed by atoms with Crippen molar-refractivity contribution < 1.29 is 19.3 Å². The third kappa shape index (κ3) is 2.28. The normalized spacial score (nSPS) is 34.5. The number of ether oxygens (including phenoxy) is 3. The summed E-state index contributed by atoms with van der Waals surface area (Å²) in [6.07, 6.45) is -0.214. The lowest BCUT2D eigenvalue weighted by atomic mass is 10.2. The van der Waals surface area contributed by atoms with Crippen molar-refractivity contribution in [1.29, 1.82) is 0 Å². The van der Waals surface area contributed by atoms with E-state index in [0.29, 0.717) is 0 Å². The second-order valence-corrected chi connectivity index (χ2v) is 3.43. The summed E-state index contributed by atoms with van der Waals surface area (Å²) in [6, 6.07) is 0. The highest BCUT2D eigenvalue weighted by Gasteiger charge is 2.43. The van der Waals surface area contributed by atoms with Gasteiger partial charge < -0.3 is 19.3 Å². The van der Waals surface area contributed by atoms with Crippen molar-refractivity contribution in [2.24, 2.45) is 0 Å². The van der Waals surface area contributed by atoms with Crippen LogP contribution in [0, 0.1) is 0 Å². The van der Waals surface area contributed by atoms with Gasteiger partial charge in [0, 0.05) is 7.11 Å². The van der Waals surface area contributed by atoms with Gasteiger partial charge in [0.15, 0.2) is 12.1 Å². The van der Waals surface area contributed by atoms with Crippen LogP contribution in [-0.2, 0) is 14.2 Å². The highest BCUT2D eigenvalue weighted by Crippen LogP contribution is 2.30. The summed E-state index contributed by atoms with van der Waals surface area (Å²) >= 11 is 0. The van der Waals surface area contributed by atoms with Crippen molar-refractivity contribution in [3.05, 3.63) is 12.7 Å². The lowest BCUT2D eigenvalue weighted by Gasteiger charge is -2.19. The summed E-state index contributed by atoms with van der Waals surface area (Å²) in [7, 11) is 1.42. The second kappa shape index (κ2) is 3.75. The van der Waals surface area contributed by atoms with E-state index < -0.39 is 18.2 Å². The predicted octanol–water partition coefficient (Wildman–Crippen LogP) is 0.657. The van der Waals surface area contributed by atoms with Crippen LogP contribution in [0.1, 0.15) is 13.8 Å². The molecule has 1 saturated heterocycles. The van der Waals surface area contributed by atoms with Gasteiger partial charge in [0.1, 0.15) is 12.2 Å². The predicted molar refractivity (Wildman–Crippen MR) is 47.0 cm³/mol. The molecule has 1 aliphatic rings. The number of hydrogen-bond donors (Lipinski definition) is 1. The molecule has 0 bridgehead atoms. The second-order valence-electron chi connectivity index (χ2n) is 3.43. The van der Waals surface area contributed by atoms with E-state index in [1.807, 2.05) is 0 Å². The summed E-state index contributed by atoms with van der Waals surface area (Å²) in [4.78, 5) is 0. The Kier molecular flexibility index (Phi) is 3.08. The van der Waals surface area contributed by atoms with Crippen LogP contribution in [-0.4, -0.2) is 36.5 Å². The molecule has 0 aliphatic carbocycles. The lowest BCUT2D eigenvalue weighted by molar-refractivity contribution is -0.191. The molecule has 1 fully saturated rings. The van der Waals surface area contributed by atoms with Crippen LogP contribution >= 0.6 is 0 Å². The molecule has 76 valence electrons. The Labute approximate surface area is 78.1 Å².